The number of aliphatic carboxylic acids is 1. The number of amides is 1. The fourth-order valence-electron chi connectivity index (χ4n) is 3.58. The minimum Gasteiger partial charge on any atom is -0.550 e. The maximum atomic E-state index is 13.0. The number of rotatable bonds is 9. The summed E-state index contributed by atoms with van der Waals surface area (Å²) in [4.78, 5) is 25.7. The van der Waals surface area contributed by atoms with E-state index < -0.39 is 5.97 Å². The number of carboxylic acid groups (broad SMARTS) is 1. The molecule has 0 unspecified atom stereocenters. The number of carbonyl (C=O) groups is 2. The van der Waals surface area contributed by atoms with Crippen LogP contribution in [-0.4, -0.2) is 37.4 Å². The summed E-state index contributed by atoms with van der Waals surface area (Å²) < 4.78 is 2.33. The summed E-state index contributed by atoms with van der Waals surface area (Å²) in [6.45, 7) is 0.476. The summed E-state index contributed by atoms with van der Waals surface area (Å²) in [7, 11) is 0. The van der Waals surface area contributed by atoms with E-state index in [2.05, 4.69) is 0 Å². The molecule has 1 fully saturated rings. The summed E-state index contributed by atoms with van der Waals surface area (Å²) >= 11 is 6.72. The highest BCUT2D eigenvalue weighted by Gasteiger charge is 2.32. The van der Waals surface area contributed by atoms with Gasteiger partial charge >= 0.3 is 0 Å². The third-order valence-corrected chi connectivity index (χ3v) is 6.61. The van der Waals surface area contributed by atoms with E-state index in [1.807, 2.05) is 77.6 Å². The molecule has 8 heteroatoms. The molecule has 2 aromatic carbocycles. The number of thioether (sulfide) groups is 1. The molecule has 168 valence electrons. The number of carbonyl (C=O) groups excluding carboxylic acids is 2. The summed E-state index contributed by atoms with van der Waals surface area (Å²) in [5.74, 6) is -1.18. The number of hydrogen-bond acceptors (Lipinski definition) is 6. The molecule has 6 nitrogen and oxygen atoms in total. The fraction of sp³-hybridized carbons (Fsp3) is 0.200. The Morgan fingerprint density at radius 1 is 1.03 bits per heavy atom. The molecular formula is C25H22N3O3S2-. The van der Waals surface area contributed by atoms with Crippen molar-refractivity contribution in [1.29, 1.82) is 0 Å². The number of benzene rings is 2. The molecule has 0 atom stereocenters. The molecule has 2 heterocycles. The van der Waals surface area contributed by atoms with Crippen molar-refractivity contribution in [2.75, 3.05) is 6.54 Å². The van der Waals surface area contributed by atoms with Crippen LogP contribution in [0, 0.1) is 0 Å². The van der Waals surface area contributed by atoms with E-state index in [0.29, 0.717) is 35.0 Å². The van der Waals surface area contributed by atoms with Gasteiger partial charge < -0.3 is 9.90 Å². The van der Waals surface area contributed by atoms with Gasteiger partial charge in [-0.25, -0.2) is 4.68 Å². The van der Waals surface area contributed by atoms with Crippen molar-refractivity contribution in [2.24, 2.45) is 0 Å². The molecule has 0 saturated carbocycles. The molecule has 1 aliphatic rings. The molecule has 0 aliphatic carbocycles. The maximum absolute atomic E-state index is 13.0. The minimum atomic E-state index is -1.05. The first-order valence-electron chi connectivity index (χ1n) is 10.7. The predicted molar refractivity (Wildman–Crippen MR) is 132 cm³/mol. The van der Waals surface area contributed by atoms with Gasteiger partial charge in [0.1, 0.15) is 4.32 Å². The van der Waals surface area contributed by atoms with Gasteiger partial charge in [-0.15, -0.1) is 0 Å². The van der Waals surface area contributed by atoms with Crippen molar-refractivity contribution in [3.8, 4) is 16.9 Å². The molecular weight excluding hydrogens is 454 g/mol. The summed E-state index contributed by atoms with van der Waals surface area (Å²) in [6, 6.07) is 19.7. The molecule has 1 aliphatic heterocycles. The van der Waals surface area contributed by atoms with Gasteiger partial charge in [-0.05, 0) is 37.5 Å². The van der Waals surface area contributed by atoms with Crippen molar-refractivity contribution in [3.05, 3.63) is 77.3 Å². The van der Waals surface area contributed by atoms with Crippen LogP contribution in [0.3, 0.4) is 0 Å². The topological polar surface area (TPSA) is 78.3 Å². The van der Waals surface area contributed by atoms with Crippen LogP contribution in [0.4, 0.5) is 0 Å². The Bertz CT molecular complexity index is 1190. The van der Waals surface area contributed by atoms with Gasteiger partial charge in [0.2, 0.25) is 0 Å². The quantitative estimate of drug-likeness (QED) is 0.263. The SMILES string of the molecule is O=C([O-])CCCCCN1C(=O)/C(=C/c2cn(-c3ccccc3)nc2-c2ccccc2)SC1=S. The Morgan fingerprint density at radius 3 is 2.42 bits per heavy atom. The van der Waals surface area contributed by atoms with Crippen LogP contribution >= 0.6 is 24.0 Å². The molecule has 1 amide bonds. The largest absolute Gasteiger partial charge is 0.550 e. The zero-order valence-corrected chi connectivity index (χ0v) is 19.5. The molecule has 1 aromatic heterocycles. The highest BCUT2D eigenvalue weighted by molar-refractivity contribution is 8.26. The molecule has 3 aromatic rings. The van der Waals surface area contributed by atoms with Crippen LogP contribution in [0.1, 0.15) is 31.2 Å². The normalized spacial score (nSPS) is 14.9. The van der Waals surface area contributed by atoms with Gasteiger partial charge in [0.15, 0.2) is 0 Å². The second-order valence-electron chi connectivity index (χ2n) is 7.60. The van der Waals surface area contributed by atoms with Crippen molar-refractivity contribution in [3.63, 3.8) is 0 Å². The average molecular weight is 477 g/mol. The maximum Gasteiger partial charge on any atom is 0.266 e. The zero-order chi connectivity index (χ0) is 23.2. The van der Waals surface area contributed by atoms with Gasteiger partial charge in [-0.3, -0.25) is 9.69 Å². The van der Waals surface area contributed by atoms with Crippen LogP contribution in [0.2, 0.25) is 0 Å². The number of nitrogens with zero attached hydrogens (tertiary/aromatic N) is 3. The number of para-hydroxylation sites is 1. The summed E-state index contributed by atoms with van der Waals surface area (Å²) in [5, 5.41) is 15.3. The highest BCUT2D eigenvalue weighted by Crippen LogP contribution is 2.35. The average Bonchev–Trinajstić information content (AvgIpc) is 3.36. The van der Waals surface area contributed by atoms with E-state index >= 15 is 0 Å². The lowest BCUT2D eigenvalue weighted by Crippen LogP contribution is -2.29. The Balaban J connectivity index is 1.57. The van der Waals surface area contributed by atoms with Crippen molar-refractivity contribution in [2.45, 2.75) is 25.7 Å². The number of unbranched alkanes of at least 4 members (excludes halogenated alkanes) is 2. The first-order valence-corrected chi connectivity index (χ1v) is 11.9. The minimum absolute atomic E-state index is 0.0337. The molecule has 0 spiro atoms. The zero-order valence-electron chi connectivity index (χ0n) is 17.8. The fourth-order valence-corrected chi connectivity index (χ4v) is 4.88. The third-order valence-electron chi connectivity index (χ3n) is 5.23. The lowest BCUT2D eigenvalue weighted by atomic mass is 10.1. The second kappa shape index (κ2) is 10.6. The van der Waals surface area contributed by atoms with Crippen molar-refractivity contribution < 1.29 is 14.7 Å². The van der Waals surface area contributed by atoms with Crippen molar-refractivity contribution >= 4 is 46.3 Å². The Kier molecular flexibility index (Phi) is 7.36. The number of aromatic nitrogens is 2. The lowest BCUT2D eigenvalue weighted by molar-refractivity contribution is -0.305. The molecule has 33 heavy (non-hydrogen) atoms. The van der Waals surface area contributed by atoms with Crippen LogP contribution < -0.4 is 5.11 Å². The lowest BCUT2D eigenvalue weighted by Gasteiger charge is -2.14. The van der Waals surface area contributed by atoms with E-state index in [0.717, 1.165) is 22.5 Å². The standard InChI is InChI=1S/C25H23N3O3S2/c29-22(30)14-8-3-9-15-27-24(31)21(33-25(27)32)16-19-17-28(20-12-6-2-7-13-20)26-23(19)18-10-4-1-5-11-18/h1-2,4-7,10-13,16-17H,3,8-9,14-15H2,(H,29,30)/p-1/b21-16-. The first-order chi connectivity index (χ1) is 16.0. The van der Waals surface area contributed by atoms with E-state index in [1.165, 1.54) is 11.8 Å². The van der Waals surface area contributed by atoms with Gasteiger partial charge in [0.05, 0.1) is 16.3 Å². The molecule has 0 radical (unpaired) electrons. The predicted octanol–water partition coefficient (Wildman–Crippen LogP) is 4.05. The number of carboxylic acids is 1. The van der Waals surface area contributed by atoms with Gasteiger partial charge in [-0.1, -0.05) is 78.9 Å². The summed E-state index contributed by atoms with van der Waals surface area (Å²) in [6.07, 6.45) is 5.73. The van der Waals surface area contributed by atoms with Gasteiger partial charge in [0, 0.05) is 29.8 Å². The molecule has 0 bridgehead atoms. The number of thiocarbonyl (C=S) groups is 1. The smallest absolute Gasteiger partial charge is 0.266 e. The highest BCUT2D eigenvalue weighted by atomic mass is 32.2. The van der Waals surface area contributed by atoms with Crippen molar-refractivity contribution in [1.82, 2.24) is 14.7 Å². The number of hydrogen-bond donors (Lipinski definition) is 0. The van der Waals surface area contributed by atoms with Crippen LogP contribution in [0.5, 0.6) is 0 Å². The van der Waals surface area contributed by atoms with Crippen LogP contribution in [0.15, 0.2) is 71.8 Å². The van der Waals surface area contributed by atoms with Gasteiger partial charge in [-0.2, -0.15) is 5.10 Å². The summed E-state index contributed by atoms with van der Waals surface area (Å²) in [5.41, 5.74) is 3.51. The Hall–Kier alpha value is -3.23. The molecule has 4 rings (SSSR count). The molecule has 1 saturated heterocycles. The Morgan fingerprint density at radius 2 is 1.73 bits per heavy atom. The van der Waals surface area contributed by atoms with Crippen LogP contribution in [-0.2, 0) is 9.59 Å². The van der Waals surface area contributed by atoms with E-state index in [9.17, 15) is 14.7 Å². The monoisotopic (exact) mass is 476 g/mol. The third kappa shape index (κ3) is 5.58. The molecule has 0 N–H and O–H groups in total. The van der Waals surface area contributed by atoms with Gasteiger partial charge in [0.25, 0.3) is 5.91 Å². The van der Waals surface area contributed by atoms with E-state index in [4.69, 9.17) is 17.3 Å². The second-order valence-corrected chi connectivity index (χ2v) is 9.27. The van der Waals surface area contributed by atoms with E-state index in [-0.39, 0.29) is 12.3 Å². The Labute approximate surface area is 201 Å². The first kappa shape index (κ1) is 22.9. The van der Waals surface area contributed by atoms with E-state index in [1.54, 1.807) is 4.90 Å². The van der Waals surface area contributed by atoms with Crippen LogP contribution in [0.25, 0.3) is 23.0 Å².